The number of amides is 1. The summed E-state index contributed by atoms with van der Waals surface area (Å²) in [6, 6.07) is 1.68. The second-order valence-corrected chi connectivity index (χ2v) is 4.66. The molecule has 2 rings (SSSR count). The third-order valence-electron chi connectivity index (χ3n) is 2.93. The lowest BCUT2D eigenvalue weighted by molar-refractivity contribution is 0.100. The van der Waals surface area contributed by atoms with Gasteiger partial charge in [-0.3, -0.25) is 4.79 Å². The Morgan fingerprint density at radius 1 is 1.55 bits per heavy atom. The quantitative estimate of drug-likeness (QED) is 0.846. The van der Waals surface area contributed by atoms with E-state index >= 15 is 0 Å². The molecule has 0 radical (unpaired) electrons. The molecule has 2 aromatic heterocycles. The first-order chi connectivity index (χ1) is 9.47. The first kappa shape index (κ1) is 14.0. The summed E-state index contributed by atoms with van der Waals surface area (Å²) in [4.78, 5) is 15.9. The Hall–Kier alpha value is -2.37. The molecule has 0 saturated heterocycles. The van der Waals surface area contributed by atoms with Gasteiger partial charge >= 0.3 is 0 Å². The molecule has 0 saturated carbocycles. The monoisotopic (exact) mass is 274 g/mol. The summed E-state index contributed by atoms with van der Waals surface area (Å²) >= 11 is 0. The minimum Gasteiger partial charge on any atom is -0.492 e. The number of nitrogens with two attached hydrogens (primary N) is 1. The molecule has 0 atom stereocenters. The second-order valence-electron chi connectivity index (χ2n) is 4.66. The molecule has 1 amide bonds. The van der Waals surface area contributed by atoms with Crippen LogP contribution < -0.4 is 5.73 Å². The number of hydrogen-bond acceptors (Lipinski definition) is 4. The van der Waals surface area contributed by atoms with E-state index in [1.807, 2.05) is 20.8 Å². The minimum absolute atomic E-state index is 0.0938. The Morgan fingerprint density at radius 2 is 2.25 bits per heavy atom. The standard InChI is InChI=1S/C14H18N4O2/c1-5-20-9(4)12-11-10(13(15)19)6-7-16-14(11)18(17-12)8(2)3/h6-8H,4-5H2,1-3H3,(H2,15,19). The Labute approximate surface area is 117 Å². The highest BCUT2D eigenvalue weighted by atomic mass is 16.5. The Morgan fingerprint density at radius 3 is 2.80 bits per heavy atom. The molecule has 20 heavy (non-hydrogen) atoms. The van der Waals surface area contributed by atoms with Crippen molar-refractivity contribution in [2.75, 3.05) is 6.61 Å². The number of hydrogen-bond donors (Lipinski definition) is 1. The fourth-order valence-electron chi connectivity index (χ4n) is 2.07. The van der Waals surface area contributed by atoms with Crippen LogP contribution in [0.5, 0.6) is 0 Å². The van der Waals surface area contributed by atoms with Crippen molar-refractivity contribution in [1.82, 2.24) is 14.8 Å². The molecule has 2 N–H and O–H groups in total. The lowest BCUT2D eigenvalue weighted by atomic mass is 10.1. The van der Waals surface area contributed by atoms with Crippen molar-refractivity contribution >= 4 is 22.7 Å². The maximum atomic E-state index is 11.6. The highest BCUT2D eigenvalue weighted by Gasteiger charge is 2.21. The molecular formula is C14H18N4O2. The van der Waals surface area contributed by atoms with Gasteiger partial charge in [-0.15, -0.1) is 0 Å². The molecule has 0 aromatic carbocycles. The maximum absolute atomic E-state index is 11.6. The van der Waals surface area contributed by atoms with Gasteiger partial charge in [0, 0.05) is 12.2 Å². The Kier molecular flexibility index (Phi) is 3.74. The fraction of sp³-hybridized carbons (Fsp3) is 0.357. The number of pyridine rings is 1. The van der Waals surface area contributed by atoms with Crippen molar-refractivity contribution < 1.29 is 9.53 Å². The van der Waals surface area contributed by atoms with Crippen LogP contribution in [0.3, 0.4) is 0 Å². The smallest absolute Gasteiger partial charge is 0.249 e. The number of ether oxygens (including phenoxy) is 1. The van der Waals surface area contributed by atoms with Crippen molar-refractivity contribution in [3.05, 3.63) is 30.1 Å². The van der Waals surface area contributed by atoms with E-state index in [1.165, 1.54) is 0 Å². The number of aromatic nitrogens is 3. The van der Waals surface area contributed by atoms with E-state index in [4.69, 9.17) is 10.5 Å². The highest BCUT2D eigenvalue weighted by molar-refractivity contribution is 6.07. The largest absolute Gasteiger partial charge is 0.492 e. The van der Waals surface area contributed by atoms with Crippen LogP contribution in [0.25, 0.3) is 16.8 Å². The number of rotatable bonds is 5. The predicted octanol–water partition coefficient (Wildman–Crippen LogP) is 2.12. The summed E-state index contributed by atoms with van der Waals surface area (Å²) < 4.78 is 7.15. The van der Waals surface area contributed by atoms with Gasteiger partial charge in [0.15, 0.2) is 5.65 Å². The molecule has 0 fully saturated rings. The molecule has 0 aliphatic heterocycles. The zero-order valence-electron chi connectivity index (χ0n) is 11.9. The third kappa shape index (κ3) is 2.24. The van der Waals surface area contributed by atoms with E-state index in [2.05, 4.69) is 16.7 Å². The molecular weight excluding hydrogens is 256 g/mol. The average molecular weight is 274 g/mol. The number of carbonyl (C=O) groups is 1. The van der Waals surface area contributed by atoms with Crippen LogP contribution in [-0.4, -0.2) is 27.3 Å². The van der Waals surface area contributed by atoms with Crippen molar-refractivity contribution in [1.29, 1.82) is 0 Å². The first-order valence-corrected chi connectivity index (χ1v) is 6.46. The molecule has 0 unspecified atom stereocenters. The molecule has 0 spiro atoms. The zero-order chi connectivity index (χ0) is 14.9. The average Bonchev–Trinajstić information content (AvgIpc) is 2.78. The van der Waals surface area contributed by atoms with Gasteiger partial charge < -0.3 is 10.5 Å². The minimum atomic E-state index is -0.522. The molecule has 6 heteroatoms. The van der Waals surface area contributed by atoms with Crippen LogP contribution in [0.2, 0.25) is 0 Å². The predicted molar refractivity (Wildman–Crippen MR) is 77.1 cm³/mol. The Balaban J connectivity index is 2.79. The molecule has 2 aromatic rings. The highest BCUT2D eigenvalue weighted by Crippen LogP contribution is 2.28. The van der Waals surface area contributed by atoms with Crippen LogP contribution >= 0.6 is 0 Å². The van der Waals surface area contributed by atoms with Crippen LogP contribution in [0.4, 0.5) is 0 Å². The van der Waals surface area contributed by atoms with E-state index in [-0.39, 0.29) is 6.04 Å². The van der Waals surface area contributed by atoms with Gasteiger partial charge in [0.2, 0.25) is 5.91 Å². The van der Waals surface area contributed by atoms with Crippen molar-refractivity contribution in [3.8, 4) is 0 Å². The maximum Gasteiger partial charge on any atom is 0.249 e. The number of primary amides is 1. The normalized spacial score (nSPS) is 11.0. The lowest BCUT2D eigenvalue weighted by Crippen LogP contribution is -2.12. The van der Waals surface area contributed by atoms with Gasteiger partial charge in [-0.2, -0.15) is 5.10 Å². The van der Waals surface area contributed by atoms with E-state index in [9.17, 15) is 4.79 Å². The number of carbonyl (C=O) groups excluding carboxylic acids is 1. The van der Waals surface area contributed by atoms with Crippen molar-refractivity contribution in [3.63, 3.8) is 0 Å². The van der Waals surface area contributed by atoms with E-state index in [1.54, 1.807) is 16.9 Å². The van der Waals surface area contributed by atoms with E-state index < -0.39 is 5.91 Å². The first-order valence-electron chi connectivity index (χ1n) is 6.46. The van der Waals surface area contributed by atoms with Crippen LogP contribution in [0.1, 0.15) is 42.9 Å². The summed E-state index contributed by atoms with van der Waals surface area (Å²) in [5.41, 5.74) is 6.92. The van der Waals surface area contributed by atoms with Gasteiger partial charge in [0.1, 0.15) is 11.5 Å². The summed E-state index contributed by atoms with van der Waals surface area (Å²) in [6.45, 7) is 10.2. The van der Waals surface area contributed by atoms with Gasteiger partial charge in [-0.1, -0.05) is 6.58 Å². The molecule has 0 aliphatic rings. The molecule has 6 nitrogen and oxygen atoms in total. The van der Waals surface area contributed by atoms with Gasteiger partial charge in [0.25, 0.3) is 0 Å². The summed E-state index contributed by atoms with van der Waals surface area (Å²) in [5, 5.41) is 5.06. The van der Waals surface area contributed by atoms with Crippen LogP contribution in [0, 0.1) is 0 Å². The van der Waals surface area contributed by atoms with Gasteiger partial charge in [-0.25, -0.2) is 9.67 Å². The number of nitrogens with zero attached hydrogens (tertiary/aromatic N) is 3. The Bertz CT molecular complexity index is 673. The zero-order valence-corrected chi connectivity index (χ0v) is 11.9. The second kappa shape index (κ2) is 5.32. The molecule has 0 bridgehead atoms. The summed E-state index contributed by atoms with van der Waals surface area (Å²) in [6.07, 6.45) is 1.55. The van der Waals surface area contributed by atoms with Crippen molar-refractivity contribution in [2.24, 2.45) is 5.73 Å². The molecule has 2 heterocycles. The van der Waals surface area contributed by atoms with Crippen LogP contribution in [-0.2, 0) is 4.74 Å². The molecule has 106 valence electrons. The third-order valence-corrected chi connectivity index (χ3v) is 2.93. The topological polar surface area (TPSA) is 83.0 Å². The lowest BCUT2D eigenvalue weighted by Gasteiger charge is -2.05. The van der Waals surface area contributed by atoms with E-state index in [0.717, 1.165) is 0 Å². The fourth-order valence-corrected chi connectivity index (χ4v) is 2.07. The number of fused-ring (bicyclic) bond motifs is 1. The molecule has 0 aliphatic carbocycles. The van der Waals surface area contributed by atoms with Crippen molar-refractivity contribution in [2.45, 2.75) is 26.8 Å². The van der Waals surface area contributed by atoms with Gasteiger partial charge in [-0.05, 0) is 26.8 Å². The van der Waals surface area contributed by atoms with E-state index in [0.29, 0.717) is 34.7 Å². The van der Waals surface area contributed by atoms with Gasteiger partial charge in [0.05, 0.1) is 17.6 Å². The summed E-state index contributed by atoms with van der Waals surface area (Å²) in [5.74, 6) is -0.112. The SMILES string of the molecule is C=C(OCC)c1nn(C(C)C)c2nccc(C(N)=O)c12. The summed E-state index contributed by atoms with van der Waals surface area (Å²) in [7, 11) is 0. The van der Waals surface area contributed by atoms with Crippen LogP contribution in [0.15, 0.2) is 18.8 Å².